The molecular weight excluding hydrogens is 318 g/mol. The van der Waals surface area contributed by atoms with E-state index in [9.17, 15) is 9.59 Å². The zero-order valence-corrected chi connectivity index (χ0v) is 15.3. The fourth-order valence-corrected chi connectivity index (χ4v) is 2.91. The van der Waals surface area contributed by atoms with E-state index in [0.717, 1.165) is 35.3 Å². The number of ether oxygens (including phenoxy) is 2. The van der Waals surface area contributed by atoms with E-state index in [2.05, 4.69) is 11.9 Å². The van der Waals surface area contributed by atoms with E-state index in [1.807, 2.05) is 39.0 Å². The summed E-state index contributed by atoms with van der Waals surface area (Å²) in [5.74, 6) is 0.948. The van der Waals surface area contributed by atoms with E-state index >= 15 is 0 Å². The molecule has 1 aliphatic rings. The fourth-order valence-electron chi connectivity index (χ4n) is 2.91. The molecule has 0 bridgehead atoms. The number of carbonyl (C=O) groups is 2. The zero-order valence-electron chi connectivity index (χ0n) is 15.3. The molecular formula is C20H27NO4. The molecule has 5 heteroatoms. The Morgan fingerprint density at radius 1 is 1.32 bits per heavy atom. The molecule has 0 atom stereocenters. The predicted molar refractivity (Wildman–Crippen MR) is 97.3 cm³/mol. The highest BCUT2D eigenvalue weighted by Crippen LogP contribution is 2.31. The zero-order chi connectivity index (χ0) is 18.4. The van der Waals surface area contributed by atoms with E-state index in [-0.39, 0.29) is 5.78 Å². The van der Waals surface area contributed by atoms with Gasteiger partial charge in [-0.25, -0.2) is 4.79 Å². The number of alkyl carbamates (subject to hydrolysis) is 1. The van der Waals surface area contributed by atoms with Gasteiger partial charge in [-0.1, -0.05) is 6.08 Å². The molecule has 0 fully saturated rings. The standard InChI is InChI=1S/C20H27NO4/c1-5-7-16-14-8-6-9-17(22)15(14)10-11-18(16)24-13-12-21-19(23)25-20(2,3)4/h5,10-11H,1,6-9,12-13H2,2-4H3,(H,21,23). The molecule has 0 saturated carbocycles. The first-order valence-electron chi connectivity index (χ1n) is 8.70. The van der Waals surface area contributed by atoms with Crippen molar-refractivity contribution in [2.45, 2.75) is 52.1 Å². The Bertz CT molecular complexity index is 658. The number of rotatable bonds is 6. The fraction of sp³-hybridized carbons (Fsp3) is 0.500. The highest BCUT2D eigenvalue weighted by molar-refractivity contribution is 5.99. The minimum atomic E-state index is -0.521. The normalized spacial score (nSPS) is 13.8. The van der Waals surface area contributed by atoms with Gasteiger partial charge in [-0.2, -0.15) is 0 Å². The maximum absolute atomic E-state index is 12.1. The van der Waals surface area contributed by atoms with Crippen LogP contribution in [0.2, 0.25) is 0 Å². The van der Waals surface area contributed by atoms with Crippen molar-refractivity contribution in [3.8, 4) is 5.75 Å². The van der Waals surface area contributed by atoms with Crippen LogP contribution in [-0.4, -0.2) is 30.6 Å². The van der Waals surface area contributed by atoms with Crippen molar-refractivity contribution in [3.05, 3.63) is 41.5 Å². The number of allylic oxidation sites excluding steroid dienone is 1. The van der Waals surface area contributed by atoms with Crippen molar-refractivity contribution in [2.75, 3.05) is 13.2 Å². The van der Waals surface area contributed by atoms with E-state index in [4.69, 9.17) is 9.47 Å². The van der Waals surface area contributed by atoms with Crippen molar-refractivity contribution in [1.82, 2.24) is 5.32 Å². The average molecular weight is 345 g/mol. The van der Waals surface area contributed by atoms with Crippen LogP contribution in [0.1, 0.15) is 55.1 Å². The number of Topliss-reactive ketones (excluding diaryl/α,β-unsaturated/α-hetero) is 1. The summed E-state index contributed by atoms with van der Waals surface area (Å²) in [5, 5.41) is 2.67. The number of carbonyl (C=O) groups excluding carboxylic acids is 2. The largest absolute Gasteiger partial charge is 0.491 e. The molecule has 0 aliphatic heterocycles. The van der Waals surface area contributed by atoms with Crippen LogP contribution in [-0.2, 0) is 17.6 Å². The van der Waals surface area contributed by atoms with Gasteiger partial charge in [0, 0.05) is 17.5 Å². The van der Waals surface area contributed by atoms with Gasteiger partial charge in [0.2, 0.25) is 0 Å². The van der Waals surface area contributed by atoms with Gasteiger partial charge in [-0.3, -0.25) is 4.79 Å². The molecule has 0 radical (unpaired) electrons. The maximum atomic E-state index is 12.1. The third-order valence-electron chi connectivity index (χ3n) is 3.90. The van der Waals surface area contributed by atoms with Crippen LogP contribution in [0.4, 0.5) is 4.79 Å². The Hall–Kier alpha value is -2.30. The Morgan fingerprint density at radius 3 is 2.76 bits per heavy atom. The molecule has 25 heavy (non-hydrogen) atoms. The highest BCUT2D eigenvalue weighted by atomic mass is 16.6. The second kappa shape index (κ2) is 8.19. The van der Waals surface area contributed by atoms with Crippen LogP contribution in [0.15, 0.2) is 24.8 Å². The number of benzene rings is 1. The second-order valence-electron chi connectivity index (χ2n) is 7.12. The highest BCUT2D eigenvalue weighted by Gasteiger charge is 2.22. The van der Waals surface area contributed by atoms with Crippen molar-refractivity contribution < 1.29 is 19.1 Å². The predicted octanol–water partition coefficient (Wildman–Crippen LogP) is 3.84. The second-order valence-corrected chi connectivity index (χ2v) is 7.12. The summed E-state index contributed by atoms with van der Waals surface area (Å²) in [7, 11) is 0. The monoisotopic (exact) mass is 345 g/mol. The van der Waals surface area contributed by atoms with E-state index in [0.29, 0.717) is 26.0 Å². The molecule has 5 nitrogen and oxygen atoms in total. The van der Waals surface area contributed by atoms with E-state index in [1.165, 1.54) is 0 Å². The number of hydrogen-bond acceptors (Lipinski definition) is 4. The van der Waals surface area contributed by atoms with Gasteiger partial charge in [0.05, 0.1) is 6.54 Å². The molecule has 1 aromatic rings. The Kier molecular flexibility index (Phi) is 6.23. The Balaban J connectivity index is 1.99. The van der Waals surface area contributed by atoms with Gasteiger partial charge >= 0.3 is 6.09 Å². The van der Waals surface area contributed by atoms with E-state index < -0.39 is 11.7 Å². The van der Waals surface area contributed by atoms with Crippen molar-refractivity contribution in [1.29, 1.82) is 0 Å². The summed E-state index contributed by atoms with van der Waals surface area (Å²) in [4.78, 5) is 23.7. The SMILES string of the molecule is C=CCc1c(OCCNC(=O)OC(C)(C)C)ccc2c1CCCC2=O. The lowest BCUT2D eigenvalue weighted by atomic mass is 9.86. The molecule has 1 N–H and O–H groups in total. The molecule has 1 aromatic carbocycles. The summed E-state index contributed by atoms with van der Waals surface area (Å²) in [6.45, 7) is 9.94. The molecule has 0 spiro atoms. The smallest absolute Gasteiger partial charge is 0.407 e. The van der Waals surface area contributed by atoms with Gasteiger partial charge in [0.15, 0.2) is 5.78 Å². The molecule has 136 valence electrons. The van der Waals surface area contributed by atoms with Gasteiger partial charge in [0.1, 0.15) is 18.0 Å². The lowest BCUT2D eigenvalue weighted by Gasteiger charge is -2.22. The Labute approximate surface area is 149 Å². The first-order chi connectivity index (χ1) is 11.8. The van der Waals surface area contributed by atoms with Crippen LogP contribution < -0.4 is 10.1 Å². The topological polar surface area (TPSA) is 64.6 Å². The number of ketones is 1. The molecule has 1 amide bonds. The lowest BCUT2D eigenvalue weighted by molar-refractivity contribution is 0.0520. The summed E-state index contributed by atoms with van der Waals surface area (Å²) >= 11 is 0. The molecule has 0 heterocycles. The molecule has 2 rings (SSSR count). The first-order valence-corrected chi connectivity index (χ1v) is 8.70. The van der Waals surface area contributed by atoms with Crippen molar-refractivity contribution in [2.24, 2.45) is 0 Å². The number of hydrogen-bond donors (Lipinski definition) is 1. The number of fused-ring (bicyclic) bond motifs is 1. The summed E-state index contributed by atoms with van der Waals surface area (Å²) in [5.41, 5.74) is 2.39. The quantitative estimate of drug-likeness (QED) is 0.628. The summed E-state index contributed by atoms with van der Waals surface area (Å²) in [6, 6.07) is 3.69. The van der Waals surface area contributed by atoms with Crippen molar-refractivity contribution >= 4 is 11.9 Å². The third-order valence-corrected chi connectivity index (χ3v) is 3.90. The van der Waals surface area contributed by atoms with Crippen LogP contribution in [0, 0.1) is 0 Å². The van der Waals surface area contributed by atoms with Crippen molar-refractivity contribution in [3.63, 3.8) is 0 Å². The van der Waals surface area contributed by atoms with E-state index in [1.54, 1.807) is 0 Å². The maximum Gasteiger partial charge on any atom is 0.407 e. The number of amides is 1. The minimum absolute atomic E-state index is 0.199. The van der Waals surface area contributed by atoms with Gasteiger partial charge in [-0.15, -0.1) is 6.58 Å². The minimum Gasteiger partial charge on any atom is -0.491 e. The molecule has 1 aliphatic carbocycles. The summed E-state index contributed by atoms with van der Waals surface area (Å²) < 4.78 is 11.0. The molecule has 0 unspecified atom stereocenters. The average Bonchev–Trinajstić information content (AvgIpc) is 2.52. The van der Waals surface area contributed by atoms with Crippen LogP contribution in [0.25, 0.3) is 0 Å². The van der Waals surface area contributed by atoms with Gasteiger partial charge in [0.25, 0.3) is 0 Å². The van der Waals surface area contributed by atoms with Gasteiger partial charge < -0.3 is 14.8 Å². The Morgan fingerprint density at radius 2 is 2.08 bits per heavy atom. The summed E-state index contributed by atoms with van der Waals surface area (Å²) in [6.07, 6.45) is 4.39. The third kappa shape index (κ3) is 5.34. The van der Waals surface area contributed by atoms with Gasteiger partial charge in [-0.05, 0) is 57.7 Å². The van der Waals surface area contributed by atoms with Crippen LogP contribution >= 0.6 is 0 Å². The first kappa shape index (κ1) is 19.0. The van der Waals surface area contributed by atoms with Crippen LogP contribution in [0.3, 0.4) is 0 Å². The molecule has 0 saturated heterocycles. The number of nitrogens with one attached hydrogen (secondary N) is 1. The lowest BCUT2D eigenvalue weighted by Crippen LogP contribution is -2.34. The molecule has 0 aromatic heterocycles. The van der Waals surface area contributed by atoms with Crippen LogP contribution in [0.5, 0.6) is 5.75 Å².